The van der Waals surface area contributed by atoms with E-state index in [4.69, 9.17) is 4.74 Å². The van der Waals surface area contributed by atoms with Crippen molar-refractivity contribution in [2.75, 3.05) is 45.2 Å². The topological polar surface area (TPSA) is 44.8 Å². The fraction of sp³-hybridized carbons (Fsp3) is 0.409. The Labute approximate surface area is 166 Å². The number of nitrogens with zero attached hydrogens (tertiary/aromatic N) is 2. The summed E-state index contributed by atoms with van der Waals surface area (Å²) >= 11 is 0. The normalized spacial score (nSPS) is 14.8. The van der Waals surface area contributed by atoms with Gasteiger partial charge in [0.05, 0.1) is 13.7 Å². The number of rotatable bonds is 6. The fourth-order valence-corrected chi connectivity index (χ4v) is 3.64. The van der Waals surface area contributed by atoms with Crippen LogP contribution < -0.4 is 10.1 Å². The van der Waals surface area contributed by atoms with Crippen molar-refractivity contribution in [1.29, 1.82) is 0 Å². The molecule has 0 radical (unpaired) electrons. The number of halogens is 1. The molecule has 0 unspecified atom stereocenters. The van der Waals surface area contributed by atoms with Gasteiger partial charge in [-0.25, -0.2) is 4.39 Å². The predicted octanol–water partition coefficient (Wildman–Crippen LogP) is 3.21. The van der Waals surface area contributed by atoms with Gasteiger partial charge in [-0.1, -0.05) is 18.2 Å². The quantitative estimate of drug-likeness (QED) is 0.829. The Morgan fingerprint density at radius 3 is 2.43 bits per heavy atom. The zero-order valence-corrected chi connectivity index (χ0v) is 16.8. The Morgan fingerprint density at radius 2 is 1.79 bits per heavy atom. The van der Waals surface area contributed by atoms with Crippen LogP contribution in [0.2, 0.25) is 0 Å². The molecule has 1 heterocycles. The number of carbonyl (C=O) groups excluding carboxylic acids is 1. The molecule has 0 aromatic heterocycles. The fourth-order valence-electron chi connectivity index (χ4n) is 3.64. The van der Waals surface area contributed by atoms with Gasteiger partial charge in [-0.2, -0.15) is 0 Å². The summed E-state index contributed by atoms with van der Waals surface area (Å²) in [5.41, 5.74) is 4.15. The number of benzene rings is 2. The highest BCUT2D eigenvalue weighted by Gasteiger charge is 2.22. The summed E-state index contributed by atoms with van der Waals surface area (Å²) < 4.78 is 18.9. The summed E-state index contributed by atoms with van der Waals surface area (Å²) in [6, 6.07) is 10.7. The average Bonchev–Trinajstić information content (AvgIpc) is 2.68. The second-order valence-electron chi connectivity index (χ2n) is 7.23. The zero-order chi connectivity index (χ0) is 20.1. The Bertz CT molecular complexity index is 812. The Morgan fingerprint density at radius 1 is 1.11 bits per heavy atom. The van der Waals surface area contributed by atoms with Crippen molar-refractivity contribution >= 4 is 11.6 Å². The van der Waals surface area contributed by atoms with Gasteiger partial charge >= 0.3 is 0 Å². The molecule has 0 atom stereocenters. The minimum atomic E-state index is -0.262. The van der Waals surface area contributed by atoms with Gasteiger partial charge in [-0.15, -0.1) is 0 Å². The van der Waals surface area contributed by atoms with Crippen molar-refractivity contribution in [3.05, 3.63) is 58.9 Å². The molecule has 1 aliphatic rings. The first kappa shape index (κ1) is 20.1. The molecular formula is C22H28FN3O2. The van der Waals surface area contributed by atoms with E-state index in [2.05, 4.69) is 10.2 Å². The third-order valence-electron chi connectivity index (χ3n) is 5.26. The van der Waals surface area contributed by atoms with E-state index in [1.165, 1.54) is 12.1 Å². The first-order chi connectivity index (χ1) is 13.5. The summed E-state index contributed by atoms with van der Waals surface area (Å²) in [5.74, 6) is 0.533. The van der Waals surface area contributed by atoms with Crippen LogP contribution in [0.1, 0.15) is 16.7 Å². The van der Waals surface area contributed by atoms with Crippen molar-refractivity contribution < 1.29 is 13.9 Å². The lowest BCUT2D eigenvalue weighted by atomic mass is 10.1. The van der Waals surface area contributed by atoms with Crippen LogP contribution >= 0.6 is 0 Å². The second kappa shape index (κ2) is 9.06. The van der Waals surface area contributed by atoms with Crippen LogP contribution in [-0.2, 0) is 11.3 Å². The summed E-state index contributed by atoms with van der Waals surface area (Å²) in [6.45, 7) is 7.85. The summed E-state index contributed by atoms with van der Waals surface area (Å²) in [6.07, 6.45) is 0. The molecule has 5 nitrogen and oxygen atoms in total. The van der Waals surface area contributed by atoms with Crippen molar-refractivity contribution in [2.24, 2.45) is 0 Å². The molecule has 1 saturated heterocycles. The molecule has 2 aromatic carbocycles. The van der Waals surface area contributed by atoms with Gasteiger partial charge in [0.1, 0.15) is 11.6 Å². The van der Waals surface area contributed by atoms with E-state index in [-0.39, 0.29) is 11.7 Å². The van der Waals surface area contributed by atoms with Gasteiger partial charge in [0, 0.05) is 44.0 Å². The Kier molecular flexibility index (Phi) is 6.52. The monoisotopic (exact) mass is 385 g/mol. The number of nitrogens with one attached hydrogen (secondary N) is 1. The third-order valence-corrected chi connectivity index (χ3v) is 5.26. The van der Waals surface area contributed by atoms with Crippen molar-refractivity contribution in [2.45, 2.75) is 20.4 Å². The molecule has 0 aliphatic carbocycles. The molecule has 3 rings (SSSR count). The van der Waals surface area contributed by atoms with Crippen LogP contribution in [0.4, 0.5) is 10.1 Å². The second-order valence-corrected chi connectivity index (χ2v) is 7.23. The van der Waals surface area contributed by atoms with Gasteiger partial charge in [0.2, 0.25) is 5.91 Å². The average molecular weight is 385 g/mol. The third kappa shape index (κ3) is 4.81. The maximum absolute atomic E-state index is 13.6. The SMILES string of the molecule is COc1ccc(F)cc1CN1CCN(C(=O)CNc2c(C)cccc2C)CC1. The standard InChI is InChI=1S/C22H28FN3O2/c1-16-5-4-6-17(2)22(16)24-14-21(27)26-11-9-25(10-12-26)15-18-13-19(23)7-8-20(18)28-3/h4-8,13,24H,9-12,14-15H2,1-3H3. The predicted molar refractivity (Wildman–Crippen MR) is 109 cm³/mol. The number of carbonyl (C=O) groups is 1. The zero-order valence-electron chi connectivity index (χ0n) is 16.8. The van der Waals surface area contributed by atoms with Crippen molar-refractivity contribution in [1.82, 2.24) is 9.80 Å². The molecule has 1 fully saturated rings. The number of hydrogen-bond acceptors (Lipinski definition) is 4. The molecule has 0 bridgehead atoms. The first-order valence-corrected chi connectivity index (χ1v) is 9.60. The van der Waals surface area contributed by atoms with Gasteiger partial charge in [-0.3, -0.25) is 9.69 Å². The molecule has 2 aromatic rings. The Hall–Kier alpha value is -2.60. The summed E-state index contributed by atoms with van der Waals surface area (Å²) in [5, 5.41) is 3.29. The minimum Gasteiger partial charge on any atom is -0.496 e. The van der Waals surface area contributed by atoms with Gasteiger partial charge < -0.3 is 15.0 Å². The van der Waals surface area contributed by atoms with Crippen LogP contribution in [0.5, 0.6) is 5.75 Å². The van der Waals surface area contributed by atoms with E-state index >= 15 is 0 Å². The van der Waals surface area contributed by atoms with Crippen LogP contribution in [0.25, 0.3) is 0 Å². The lowest BCUT2D eigenvalue weighted by molar-refractivity contribution is -0.131. The number of ether oxygens (including phenoxy) is 1. The number of amides is 1. The van der Waals surface area contributed by atoms with Gasteiger partial charge in [-0.05, 0) is 43.2 Å². The lowest BCUT2D eigenvalue weighted by Crippen LogP contribution is -2.49. The molecule has 6 heteroatoms. The van der Waals surface area contributed by atoms with E-state index in [1.807, 2.05) is 36.9 Å². The highest BCUT2D eigenvalue weighted by atomic mass is 19.1. The molecule has 150 valence electrons. The van der Waals surface area contributed by atoms with Crippen molar-refractivity contribution in [3.63, 3.8) is 0 Å². The van der Waals surface area contributed by atoms with E-state index < -0.39 is 0 Å². The summed E-state index contributed by atoms with van der Waals surface area (Å²) in [4.78, 5) is 16.7. The largest absolute Gasteiger partial charge is 0.496 e. The number of anilines is 1. The maximum atomic E-state index is 13.6. The molecular weight excluding hydrogens is 357 g/mol. The molecule has 0 saturated carbocycles. The number of hydrogen-bond donors (Lipinski definition) is 1. The maximum Gasteiger partial charge on any atom is 0.241 e. The van der Waals surface area contributed by atoms with Crippen molar-refractivity contribution in [3.8, 4) is 5.75 Å². The highest BCUT2D eigenvalue weighted by Crippen LogP contribution is 2.22. The first-order valence-electron chi connectivity index (χ1n) is 9.60. The minimum absolute atomic E-state index is 0.102. The van der Waals surface area contributed by atoms with E-state index in [1.54, 1.807) is 13.2 Å². The van der Waals surface area contributed by atoms with Crippen LogP contribution in [0, 0.1) is 19.7 Å². The number of methoxy groups -OCH3 is 1. The van der Waals surface area contributed by atoms with Crippen LogP contribution in [0.3, 0.4) is 0 Å². The smallest absolute Gasteiger partial charge is 0.241 e. The molecule has 0 spiro atoms. The number of para-hydroxylation sites is 1. The van der Waals surface area contributed by atoms with Gasteiger partial charge in [0.15, 0.2) is 0 Å². The molecule has 1 N–H and O–H groups in total. The van der Waals surface area contributed by atoms with Crippen LogP contribution in [-0.4, -0.2) is 55.5 Å². The van der Waals surface area contributed by atoms with E-state index in [9.17, 15) is 9.18 Å². The molecule has 28 heavy (non-hydrogen) atoms. The lowest BCUT2D eigenvalue weighted by Gasteiger charge is -2.35. The number of piperazine rings is 1. The van der Waals surface area contributed by atoms with E-state index in [0.29, 0.717) is 31.9 Å². The highest BCUT2D eigenvalue weighted by molar-refractivity contribution is 5.81. The van der Waals surface area contributed by atoms with E-state index in [0.717, 1.165) is 35.5 Å². The molecule has 1 aliphatic heterocycles. The summed E-state index contributed by atoms with van der Waals surface area (Å²) in [7, 11) is 1.59. The molecule has 1 amide bonds. The van der Waals surface area contributed by atoms with Gasteiger partial charge in [0.25, 0.3) is 0 Å². The number of aryl methyl sites for hydroxylation is 2. The Balaban J connectivity index is 1.51. The van der Waals surface area contributed by atoms with Crippen LogP contribution in [0.15, 0.2) is 36.4 Å².